The van der Waals surface area contributed by atoms with Crippen LogP contribution in [0.4, 0.5) is 0 Å². The van der Waals surface area contributed by atoms with Gasteiger partial charge in [-0.1, -0.05) is 72.8 Å². The van der Waals surface area contributed by atoms with Crippen LogP contribution < -0.4 is 0 Å². The Labute approximate surface area is 150 Å². The van der Waals surface area contributed by atoms with Crippen molar-refractivity contribution in [3.8, 4) is 11.1 Å². The predicted octanol–water partition coefficient (Wildman–Crippen LogP) is 5.32. The Balaban J connectivity index is 1.85. The fourth-order valence-corrected chi connectivity index (χ4v) is 3.54. The van der Waals surface area contributed by atoms with Crippen molar-refractivity contribution in [2.45, 2.75) is 0 Å². The van der Waals surface area contributed by atoms with Gasteiger partial charge in [-0.3, -0.25) is 4.79 Å². The minimum atomic E-state index is 0.0264. The number of H-pyrrole nitrogens is 1. The Hall–Kier alpha value is -3.59. The number of ketones is 1. The molecule has 2 heterocycles. The molecule has 0 aliphatic rings. The molecule has 0 aliphatic heterocycles. The summed E-state index contributed by atoms with van der Waals surface area (Å²) in [6.45, 7) is 0. The highest BCUT2D eigenvalue weighted by Crippen LogP contribution is 2.32. The standard InChI is InChI=1S/C23H16N2O/c26-22(17-11-5-2-6-12-17)21-18(16-9-3-1-4-10-16)15-25-20-14-8-7-13-19(20)24-23(21)25/h1-15,24H. The van der Waals surface area contributed by atoms with E-state index in [-0.39, 0.29) is 5.78 Å². The molecule has 0 fully saturated rings. The van der Waals surface area contributed by atoms with Crippen molar-refractivity contribution in [3.05, 3.63) is 102 Å². The molecule has 0 spiro atoms. The summed E-state index contributed by atoms with van der Waals surface area (Å²) in [4.78, 5) is 16.8. The molecule has 3 heteroatoms. The van der Waals surface area contributed by atoms with Gasteiger partial charge in [0, 0.05) is 17.3 Å². The third kappa shape index (κ3) is 2.18. The predicted molar refractivity (Wildman–Crippen MR) is 105 cm³/mol. The van der Waals surface area contributed by atoms with E-state index in [1.165, 1.54) is 0 Å². The van der Waals surface area contributed by atoms with Crippen LogP contribution in [0.15, 0.2) is 91.1 Å². The minimum Gasteiger partial charge on any atom is -0.339 e. The Kier molecular flexibility index (Phi) is 3.25. The molecule has 26 heavy (non-hydrogen) atoms. The number of hydrogen-bond donors (Lipinski definition) is 1. The number of aromatic nitrogens is 2. The van der Waals surface area contributed by atoms with Crippen LogP contribution in [0.5, 0.6) is 0 Å². The monoisotopic (exact) mass is 336 g/mol. The van der Waals surface area contributed by atoms with Crippen molar-refractivity contribution in [1.29, 1.82) is 0 Å². The number of nitrogens with one attached hydrogen (secondary N) is 1. The molecule has 0 bridgehead atoms. The first-order valence-electron chi connectivity index (χ1n) is 8.60. The fourth-order valence-electron chi connectivity index (χ4n) is 3.54. The molecular formula is C23H16N2O. The van der Waals surface area contributed by atoms with E-state index < -0.39 is 0 Å². The van der Waals surface area contributed by atoms with E-state index in [2.05, 4.69) is 21.6 Å². The smallest absolute Gasteiger partial charge is 0.197 e. The van der Waals surface area contributed by atoms with Gasteiger partial charge >= 0.3 is 0 Å². The zero-order chi connectivity index (χ0) is 17.5. The summed E-state index contributed by atoms with van der Waals surface area (Å²) in [6, 6.07) is 27.6. The van der Waals surface area contributed by atoms with Gasteiger partial charge in [-0.2, -0.15) is 0 Å². The van der Waals surface area contributed by atoms with Gasteiger partial charge in [-0.25, -0.2) is 0 Å². The lowest BCUT2D eigenvalue weighted by atomic mass is 9.97. The van der Waals surface area contributed by atoms with Crippen molar-refractivity contribution < 1.29 is 4.79 Å². The number of fused-ring (bicyclic) bond motifs is 3. The fraction of sp³-hybridized carbons (Fsp3) is 0. The van der Waals surface area contributed by atoms with Crippen LogP contribution in [0.3, 0.4) is 0 Å². The van der Waals surface area contributed by atoms with E-state index in [1.54, 1.807) is 0 Å². The molecular weight excluding hydrogens is 320 g/mol. The first-order chi connectivity index (χ1) is 12.8. The maximum atomic E-state index is 13.4. The Bertz CT molecular complexity index is 1230. The molecule has 0 saturated carbocycles. The van der Waals surface area contributed by atoms with Crippen molar-refractivity contribution >= 4 is 22.5 Å². The minimum absolute atomic E-state index is 0.0264. The first-order valence-corrected chi connectivity index (χ1v) is 8.60. The number of benzene rings is 3. The van der Waals surface area contributed by atoms with Crippen LogP contribution in [-0.4, -0.2) is 15.2 Å². The maximum absolute atomic E-state index is 13.4. The van der Waals surface area contributed by atoms with Gasteiger partial charge in [0.25, 0.3) is 0 Å². The second-order valence-corrected chi connectivity index (χ2v) is 6.34. The summed E-state index contributed by atoms with van der Waals surface area (Å²) in [5.74, 6) is 0.0264. The third-order valence-electron chi connectivity index (χ3n) is 4.77. The van der Waals surface area contributed by atoms with Crippen LogP contribution >= 0.6 is 0 Å². The molecule has 0 atom stereocenters. The Morgan fingerprint density at radius 2 is 1.42 bits per heavy atom. The summed E-state index contributed by atoms with van der Waals surface area (Å²) in [5, 5.41) is 0. The van der Waals surface area contributed by atoms with Gasteiger partial charge in [0.05, 0.1) is 16.6 Å². The molecule has 0 saturated heterocycles. The maximum Gasteiger partial charge on any atom is 0.197 e. The second kappa shape index (κ2) is 5.74. The zero-order valence-electron chi connectivity index (χ0n) is 14.0. The number of para-hydroxylation sites is 2. The second-order valence-electron chi connectivity index (χ2n) is 6.34. The summed E-state index contributed by atoms with van der Waals surface area (Å²) >= 11 is 0. The molecule has 3 nitrogen and oxygen atoms in total. The number of carbonyl (C=O) groups excluding carboxylic acids is 1. The van der Waals surface area contributed by atoms with Crippen LogP contribution in [0, 0.1) is 0 Å². The van der Waals surface area contributed by atoms with E-state index >= 15 is 0 Å². The third-order valence-corrected chi connectivity index (χ3v) is 4.77. The topological polar surface area (TPSA) is 37.3 Å². The van der Waals surface area contributed by atoms with Crippen molar-refractivity contribution in [2.75, 3.05) is 0 Å². The van der Waals surface area contributed by atoms with E-state index in [0.717, 1.165) is 27.8 Å². The summed E-state index contributed by atoms with van der Waals surface area (Å²) in [5.41, 5.74) is 6.29. The molecule has 1 N–H and O–H groups in total. The lowest BCUT2D eigenvalue weighted by Gasteiger charge is -2.04. The average Bonchev–Trinajstić information content (AvgIpc) is 3.25. The molecule has 0 amide bonds. The molecule has 5 aromatic rings. The molecule has 0 aliphatic carbocycles. The van der Waals surface area contributed by atoms with E-state index in [9.17, 15) is 4.79 Å². The highest BCUT2D eigenvalue weighted by molar-refractivity contribution is 6.17. The van der Waals surface area contributed by atoms with E-state index in [4.69, 9.17) is 0 Å². The van der Waals surface area contributed by atoms with Crippen molar-refractivity contribution in [3.63, 3.8) is 0 Å². The van der Waals surface area contributed by atoms with E-state index in [0.29, 0.717) is 11.1 Å². The Morgan fingerprint density at radius 3 is 2.19 bits per heavy atom. The van der Waals surface area contributed by atoms with Crippen LogP contribution in [0.25, 0.3) is 27.8 Å². The van der Waals surface area contributed by atoms with Gasteiger partial charge in [-0.05, 0) is 17.7 Å². The van der Waals surface area contributed by atoms with Crippen molar-refractivity contribution in [2.24, 2.45) is 0 Å². The van der Waals surface area contributed by atoms with Gasteiger partial charge in [0.2, 0.25) is 0 Å². The highest BCUT2D eigenvalue weighted by atomic mass is 16.1. The lowest BCUT2D eigenvalue weighted by Crippen LogP contribution is -2.02. The number of nitrogens with zero attached hydrogens (tertiary/aromatic N) is 1. The lowest BCUT2D eigenvalue weighted by molar-refractivity contribution is 0.104. The summed E-state index contributed by atoms with van der Waals surface area (Å²) in [6.07, 6.45) is 2.06. The quantitative estimate of drug-likeness (QED) is 0.445. The highest BCUT2D eigenvalue weighted by Gasteiger charge is 2.22. The molecule has 3 aromatic carbocycles. The van der Waals surface area contributed by atoms with Gasteiger partial charge < -0.3 is 9.38 Å². The van der Waals surface area contributed by atoms with E-state index in [1.807, 2.05) is 78.9 Å². The van der Waals surface area contributed by atoms with Crippen LogP contribution in [-0.2, 0) is 0 Å². The Morgan fingerprint density at radius 1 is 0.769 bits per heavy atom. The van der Waals surface area contributed by atoms with Crippen molar-refractivity contribution in [1.82, 2.24) is 9.38 Å². The number of carbonyl (C=O) groups is 1. The molecule has 124 valence electrons. The van der Waals surface area contributed by atoms with Crippen LogP contribution in [0.2, 0.25) is 0 Å². The first kappa shape index (κ1) is 14.7. The zero-order valence-corrected chi connectivity index (χ0v) is 14.0. The summed E-state index contributed by atoms with van der Waals surface area (Å²) in [7, 11) is 0. The molecule has 5 rings (SSSR count). The van der Waals surface area contributed by atoms with Gasteiger partial charge in [0.1, 0.15) is 5.65 Å². The van der Waals surface area contributed by atoms with Gasteiger partial charge in [-0.15, -0.1) is 0 Å². The molecule has 0 unspecified atom stereocenters. The normalized spacial score (nSPS) is 11.2. The number of aromatic amines is 1. The largest absolute Gasteiger partial charge is 0.339 e. The molecule has 0 radical (unpaired) electrons. The SMILES string of the molecule is O=C(c1ccccc1)c1c(-c2ccccc2)cn2c1[nH]c1ccccc12. The molecule has 2 aromatic heterocycles. The number of rotatable bonds is 3. The number of hydrogen-bond acceptors (Lipinski definition) is 1. The van der Waals surface area contributed by atoms with Crippen LogP contribution in [0.1, 0.15) is 15.9 Å². The average molecular weight is 336 g/mol. The summed E-state index contributed by atoms with van der Waals surface area (Å²) < 4.78 is 2.08. The van der Waals surface area contributed by atoms with Gasteiger partial charge in [0.15, 0.2) is 5.78 Å². The number of imidazole rings is 1.